The van der Waals surface area contributed by atoms with Gasteiger partial charge < -0.3 is 14.6 Å². The number of rotatable bonds is 6. The summed E-state index contributed by atoms with van der Waals surface area (Å²) in [5.74, 6) is -0.569. The molecule has 0 unspecified atom stereocenters. The van der Waals surface area contributed by atoms with E-state index in [2.05, 4.69) is 0 Å². The van der Waals surface area contributed by atoms with Crippen molar-refractivity contribution in [2.75, 3.05) is 6.61 Å². The number of hydrogen-bond acceptors (Lipinski definition) is 4. The predicted molar refractivity (Wildman–Crippen MR) is 105 cm³/mol. The smallest absolute Gasteiger partial charge is 0.338 e. The average Bonchev–Trinajstić information content (AvgIpc) is 2.70. The quantitative estimate of drug-likeness (QED) is 0.574. The SMILES string of the molecule is CCOc1cc(C(=O)OCc2ccc(-c3ccccc3)cc2)cc(Cl)c1O. The Hall–Kier alpha value is -2.98. The van der Waals surface area contributed by atoms with E-state index in [0.717, 1.165) is 16.7 Å². The van der Waals surface area contributed by atoms with Crippen molar-refractivity contribution >= 4 is 17.6 Å². The third kappa shape index (κ3) is 4.60. The standard InChI is InChI=1S/C22H19ClO4/c1-2-26-20-13-18(12-19(23)21(20)24)22(25)27-14-15-8-10-17(11-9-15)16-6-4-3-5-7-16/h3-13,24H,2,14H2,1H3. The van der Waals surface area contributed by atoms with Gasteiger partial charge in [0, 0.05) is 0 Å². The summed E-state index contributed by atoms with van der Waals surface area (Å²) in [5, 5.41) is 9.90. The molecule has 0 aliphatic rings. The van der Waals surface area contributed by atoms with Crippen LogP contribution in [0, 0.1) is 0 Å². The van der Waals surface area contributed by atoms with Crippen LogP contribution in [0.3, 0.4) is 0 Å². The molecule has 3 aromatic carbocycles. The number of benzene rings is 3. The van der Waals surface area contributed by atoms with Crippen LogP contribution >= 0.6 is 11.6 Å². The number of hydrogen-bond donors (Lipinski definition) is 1. The number of carbonyl (C=O) groups is 1. The fraction of sp³-hybridized carbons (Fsp3) is 0.136. The van der Waals surface area contributed by atoms with Crippen LogP contribution in [0.5, 0.6) is 11.5 Å². The van der Waals surface area contributed by atoms with Gasteiger partial charge in [-0.05, 0) is 35.7 Å². The molecule has 0 saturated carbocycles. The average molecular weight is 383 g/mol. The molecule has 0 bridgehead atoms. The molecule has 138 valence electrons. The largest absolute Gasteiger partial charge is 0.503 e. The molecule has 0 aliphatic carbocycles. The van der Waals surface area contributed by atoms with E-state index in [1.807, 2.05) is 54.6 Å². The lowest BCUT2D eigenvalue weighted by atomic mass is 10.0. The summed E-state index contributed by atoms with van der Waals surface area (Å²) in [7, 11) is 0. The molecule has 27 heavy (non-hydrogen) atoms. The molecular weight excluding hydrogens is 364 g/mol. The lowest BCUT2D eigenvalue weighted by Crippen LogP contribution is -2.06. The number of esters is 1. The number of ether oxygens (including phenoxy) is 2. The van der Waals surface area contributed by atoms with E-state index < -0.39 is 5.97 Å². The first-order valence-corrected chi connectivity index (χ1v) is 8.93. The van der Waals surface area contributed by atoms with Crippen molar-refractivity contribution in [3.63, 3.8) is 0 Å². The van der Waals surface area contributed by atoms with Crippen LogP contribution in [0.2, 0.25) is 5.02 Å². The summed E-state index contributed by atoms with van der Waals surface area (Å²) in [5.41, 5.74) is 3.32. The van der Waals surface area contributed by atoms with Crippen LogP contribution in [0.15, 0.2) is 66.7 Å². The zero-order valence-electron chi connectivity index (χ0n) is 14.8. The molecule has 0 saturated heterocycles. The maximum Gasteiger partial charge on any atom is 0.338 e. The zero-order chi connectivity index (χ0) is 19.2. The Bertz CT molecular complexity index is 921. The Morgan fingerprint density at radius 2 is 1.67 bits per heavy atom. The Kier molecular flexibility index (Phi) is 5.99. The van der Waals surface area contributed by atoms with Crippen LogP contribution in [0.1, 0.15) is 22.8 Å². The lowest BCUT2D eigenvalue weighted by molar-refractivity contribution is 0.0472. The first kappa shape index (κ1) is 18.8. The highest BCUT2D eigenvalue weighted by Crippen LogP contribution is 2.35. The molecular formula is C22H19ClO4. The summed E-state index contributed by atoms with van der Waals surface area (Å²) < 4.78 is 10.6. The van der Waals surface area contributed by atoms with Gasteiger partial charge in [0.05, 0.1) is 17.2 Å². The number of aromatic hydroxyl groups is 1. The van der Waals surface area contributed by atoms with Gasteiger partial charge in [0.1, 0.15) is 6.61 Å². The fourth-order valence-electron chi connectivity index (χ4n) is 2.61. The van der Waals surface area contributed by atoms with Gasteiger partial charge in [-0.2, -0.15) is 0 Å². The molecule has 4 nitrogen and oxygen atoms in total. The third-order valence-electron chi connectivity index (χ3n) is 3.99. The third-order valence-corrected chi connectivity index (χ3v) is 4.28. The fourth-order valence-corrected chi connectivity index (χ4v) is 2.82. The summed E-state index contributed by atoms with van der Waals surface area (Å²) in [6.45, 7) is 2.25. The van der Waals surface area contributed by atoms with E-state index in [0.29, 0.717) is 6.61 Å². The Labute approximate surface area is 162 Å². The maximum atomic E-state index is 12.3. The van der Waals surface area contributed by atoms with Crippen LogP contribution in [0.25, 0.3) is 11.1 Å². The minimum Gasteiger partial charge on any atom is -0.503 e. The molecule has 3 rings (SSSR count). The molecule has 0 heterocycles. The molecule has 3 aromatic rings. The van der Waals surface area contributed by atoms with Crippen LogP contribution in [-0.2, 0) is 11.3 Å². The number of phenolic OH excluding ortho intramolecular Hbond substituents is 1. The van der Waals surface area contributed by atoms with E-state index in [9.17, 15) is 9.90 Å². The Morgan fingerprint density at radius 3 is 2.33 bits per heavy atom. The topological polar surface area (TPSA) is 55.8 Å². The minimum absolute atomic E-state index is 0.0418. The number of phenols is 1. The molecule has 0 fully saturated rings. The Morgan fingerprint density at radius 1 is 1.00 bits per heavy atom. The van der Waals surface area contributed by atoms with Crippen LogP contribution < -0.4 is 4.74 Å². The van der Waals surface area contributed by atoms with Crippen LogP contribution in [0.4, 0.5) is 0 Å². The molecule has 1 N–H and O–H groups in total. The van der Waals surface area contributed by atoms with Gasteiger partial charge in [0.25, 0.3) is 0 Å². The molecule has 0 radical (unpaired) electrons. The summed E-state index contributed by atoms with van der Waals surface area (Å²) in [4.78, 5) is 12.3. The van der Waals surface area contributed by atoms with Crippen molar-refractivity contribution in [3.8, 4) is 22.6 Å². The highest BCUT2D eigenvalue weighted by atomic mass is 35.5. The summed E-state index contributed by atoms with van der Waals surface area (Å²) in [6, 6.07) is 20.6. The second-order valence-electron chi connectivity index (χ2n) is 5.88. The van der Waals surface area contributed by atoms with Crippen molar-refractivity contribution < 1.29 is 19.4 Å². The number of halogens is 1. The molecule has 0 atom stereocenters. The zero-order valence-corrected chi connectivity index (χ0v) is 15.6. The highest BCUT2D eigenvalue weighted by Gasteiger charge is 2.15. The second-order valence-corrected chi connectivity index (χ2v) is 6.28. The second kappa shape index (κ2) is 8.60. The lowest BCUT2D eigenvalue weighted by Gasteiger charge is -2.10. The van der Waals surface area contributed by atoms with Gasteiger partial charge in [-0.1, -0.05) is 66.2 Å². The van der Waals surface area contributed by atoms with Gasteiger partial charge in [-0.3, -0.25) is 0 Å². The Balaban J connectivity index is 1.67. The summed E-state index contributed by atoms with van der Waals surface area (Å²) in [6.07, 6.45) is 0. The summed E-state index contributed by atoms with van der Waals surface area (Å²) >= 11 is 5.95. The normalized spacial score (nSPS) is 10.4. The molecule has 0 amide bonds. The highest BCUT2D eigenvalue weighted by molar-refractivity contribution is 6.32. The van der Waals surface area contributed by atoms with Gasteiger partial charge in [0.2, 0.25) is 0 Å². The van der Waals surface area contributed by atoms with E-state index >= 15 is 0 Å². The first-order valence-electron chi connectivity index (χ1n) is 8.55. The van der Waals surface area contributed by atoms with Crippen molar-refractivity contribution in [2.45, 2.75) is 13.5 Å². The minimum atomic E-state index is -0.537. The molecule has 5 heteroatoms. The van der Waals surface area contributed by atoms with E-state index in [1.54, 1.807) is 6.92 Å². The first-order chi connectivity index (χ1) is 13.1. The van der Waals surface area contributed by atoms with Crippen molar-refractivity contribution in [1.29, 1.82) is 0 Å². The van der Waals surface area contributed by atoms with E-state index in [-0.39, 0.29) is 28.7 Å². The predicted octanol–water partition coefficient (Wildman–Crippen LogP) is 5.47. The molecule has 0 spiro atoms. The van der Waals surface area contributed by atoms with Crippen molar-refractivity contribution in [3.05, 3.63) is 82.9 Å². The van der Waals surface area contributed by atoms with Crippen LogP contribution in [-0.4, -0.2) is 17.7 Å². The number of carbonyl (C=O) groups excluding carboxylic acids is 1. The van der Waals surface area contributed by atoms with Gasteiger partial charge in [-0.15, -0.1) is 0 Å². The van der Waals surface area contributed by atoms with Crippen molar-refractivity contribution in [2.24, 2.45) is 0 Å². The monoisotopic (exact) mass is 382 g/mol. The molecule has 0 aliphatic heterocycles. The van der Waals surface area contributed by atoms with Gasteiger partial charge >= 0.3 is 5.97 Å². The van der Waals surface area contributed by atoms with Gasteiger partial charge in [0.15, 0.2) is 11.5 Å². The molecule has 0 aromatic heterocycles. The van der Waals surface area contributed by atoms with Crippen molar-refractivity contribution in [1.82, 2.24) is 0 Å². The van der Waals surface area contributed by atoms with Gasteiger partial charge in [-0.25, -0.2) is 4.79 Å². The van der Waals surface area contributed by atoms with E-state index in [4.69, 9.17) is 21.1 Å². The van der Waals surface area contributed by atoms with E-state index in [1.165, 1.54) is 12.1 Å². The maximum absolute atomic E-state index is 12.3.